The van der Waals surface area contributed by atoms with Crippen molar-refractivity contribution in [3.8, 4) is 0 Å². The maximum absolute atomic E-state index is 11.8. The van der Waals surface area contributed by atoms with E-state index in [1.807, 2.05) is 0 Å². The molecule has 0 saturated heterocycles. The first-order valence-electron chi connectivity index (χ1n) is 18.0. The van der Waals surface area contributed by atoms with E-state index in [-0.39, 0.29) is 29.1 Å². The minimum absolute atomic E-state index is 0.0671. The number of fused-ring (bicyclic) bond motifs is 5. The Labute approximate surface area is 247 Å². The molecule has 0 amide bonds. The summed E-state index contributed by atoms with van der Waals surface area (Å²) in [6.45, 7) is 11.8. The van der Waals surface area contributed by atoms with E-state index in [9.17, 15) is 15.3 Å². The van der Waals surface area contributed by atoms with Crippen LogP contribution in [0.5, 0.6) is 0 Å². The van der Waals surface area contributed by atoms with Crippen LogP contribution >= 0.6 is 0 Å². The minimum atomic E-state index is -0.269. The highest BCUT2D eigenvalue weighted by atomic mass is 16.3. The van der Waals surface area contributed by atoms with Crippen LogP contribution < -0.4 is 5.32 Å². The van der Waals surface area contributed by atoms with Gasteiger partial charge in [-0.15, -0.1) is 0 Å². The van der Waals surface area contributed by atoms with E-state index in [0.717, 1.165) is 45.2 Å². The fourth-order valence-corrected chi connectivity index (χ4v) is 10.7. The average Bonchev–Trinajstić information content (AvgIpc) is 3.29. The quantitative estimate of drug-likeness (QED) is 0.145. The van der Waals surface area contributed by atoms with Gasteiger partial charge in [0.1, 0.15) is 0 Å². The summed E-state index contributed by atoms with van der Waals surface area (Å²) in [5, 5.41) is 37.3. The molecule has 4 N–H and O–H groups in total. The maximum Gasteiger partial charge on any atom is 0.0602 e. The van der Waals surface area contributed by atoms with Crippen molar-refractivity contribution >= 4 is 0 Å². The van der Waals surface area contributed by atoms with Crippen molar-refractivity contribution in [3.05, 3.63) is 0 Å². The lowest BCUT2D eigenvalue weighted by atomic mass is 9.43. The van der Waals surface area contributed by atoms with Crippen LogP contribution in [0.2, 0.25) is 0 Å². The second-order valence-electron chi connectivity index (χ2n) is 15.6. The highest BCUT2D eigenvalue weighted by molar-refractivity contribution is 5.14. The summed E-state index contributed by atoms with van der Waals surface area (Å²) in [7, 11) is 0. The van der Waals surface area contributed by atoms with Gasteiger partial charge in [-0.25, -0.2) is 0 Å². The van der Waals surface area contributed by atoms with Gasteiger partial charge >= 0.3 is 0 Å². The van der Waals surface area contributed by atoms with Crippen LogP contribution in [-0.2, 0) is 0 Å². The molecule has 0 aliphatic heterocycles. The van der Waals surface area contributed by atoms with Gasteiger partial charge in [0.2, 0.25) is 0 Å². The zero-order valence-corrected chi connectivity index (χ0v) is 26.9. The van der Waals surface area contributed by atoms with Gasteiger partial charge in [0, 0.05) is 0 Å². The van der Waals surface area contributed by atoms with E-state index in [1.165, 1.54) is 89.9 Å². The molecule has 4 nitrogen and oxygen atoms in total. The molecule has 40 heavy (non-hydrogen) atoms. The molecule has 0 aromatic heterocycles. The Morgan fingerprint density at radius 2 is 1.40 bits per heavy atom. The number of unbranched alkanes of at least 4 members (excludes halogenated alkanes) is 9. The SMILES string of the molecule is CCCCCCCCCCCCNCCCC(C)[C@H]1CC[C@H]2C3[C@H](O)CC4C[C@H](O)CCC4(C)[C@H]3C[C@H](O)C12C. The molecule has 4 rings (SSSR count). The molecular weight excluding hydrogens is 494 g/mol. The largest absolute Gasteiger partial charge is 0.393 e. The van der Waals surface area contributed by atoms with Gasteiger partial charge in [-0.1, -0.05) is 85.5 Å². The number of aliphatic hydroxyl groups is 3. The molecule has 4 aliphatic carbocycles. The molecule has 234 valence electrons. The first-order chi connectivity index (χ1) is 19.2. The maximum atomic E-state index is 11.8. The Kier molecular flexibility index (Phi) is 12.3. The van der Waals surface area contributed by atoms with Gasteiger partial charge < -0.3 is 20.6 Å². The lowest BCUT2D eigenvalue weighted by Crippen LogP contribution is -2.62. The van der Waals surface area contributed by atoms with E-state index in [0.29, 0.717) is 35.5 Å². The van der Waals surface area contributed by atoms with Crippen LogP contribution in [0.4, 0.5) is 0 Å². The zero-order valence-electron chi connectivity index (χ0n) is 26.9. The van der Waals surface area contributed by atoms with Crippen molar-refractivity contribution in [2.75, 3.05) is 13.1 Å². The predicted octanol–water partition coefficient (Wildman–Crippen LogP) is 7.87. The first-order valence-corrected chi connectivity index (χ1v) is 18.0. The van der Waals surface area contributed by atoms with Crippen molar-refractivity contribution in [2.45, 2.75) is 168 Å². The third kappa shape index (κ3) is 7.13. The molecule has 0 heterocycles. The third-order valence-electron chi connectivity index (χ3n) is 13.2. The molecule has 4 aliphatic rings. The molecule has 0 aromatic carbocycles. The molecule has 0 radical (unpaired) electrons. The van der Waals surface area contributed by atoms with E-state index in [2.05, 4.69) is 33.0 Å². The van der Waals surface area contributed by atoms with E-state index < -0.39 is 0 Å². The number of nitrogens with one attached hydrogen (secondary N) is 1. The van der Waals surface area contributed by atoms with Crippen LogP contribution in [0.15, 0.2) is 0 Å². The second-order valence-corrected chi connectivity index (χ2v) is 15.6. The average molecular weight is 562 g/mol. The fraction of sp³-hybridized carbons (Fsp3) is 1.00. The first kappa shape index (κ1) is 32.7. The van der Waals surface area contributed by atoms with Crippen molar-refractivity contribution < 1.29 is 15.3 Å². The topological polar surface area (TPSA) is 72.7 Å². The summed E-state index contributed by atoms with van der Waals surface area (Å²) in [6.07, 6.45) is 22.5. The smallest absolute Gasteiger partial charge is 0.0602 e. The van der Waals surface area contributed by atoms with Crippen molar-refractivity contribution in [1.82, 2.24) is 5.32 Å². The van der Waals surface area contributed by atoms with Gasteiger partial charge in [0.25, 0.3) is 0 Å². The number of aliphatic hydroxyl groups excluding tert-OH is 3. The van der Waals surface area contributed by atoms with Gasteiger partial charge in [-0.05, 0) is 124 Å². The summed E-state index contributed by atoms with van der Waals surface area (Å²) < 4.78 is 0. The Morgan fingerprint density at radius 1 is 0.750 bits per heavy atom. The predicted molar refractivity (Wildman–Crippen MR) is 167 cm³/mol. The van der Waals surface area contributed by atoms with E-state index >= 15 is 0 Å². The third-order valence-corrected chi connectivity index (χ3v) is 13.2. The minimum Gasteiger partial charge on any atom is -0.393 e. The van der Waals surface area contributed by atoms with Crippen molar-refractivity contribution in [2.24, 2.45) is 46.3 Å². The summed E-state index contributed by atoms with van der Waals surface area (Å²) >= 11 is 0. The molecule has 4 fully saturated rings. The lowest BCUT2D eigenvalue weighted by Gasteiger charge is -2.63. The van der Waals surface area contributed by atoms with Crippen LogP contribution in [-0.4, -0.2) is 46.7 Å². The normalized spacial score (nSPS) is 41.8. The van der Waals surface area contributed by atoms with Crippen LogP contribution in [0, 0.1) is 46.3 Å². The Hall–Kier alpha value is -0.160. The zero-order chi connectivity index (χ0) is 28.8. The van der Waals surface area contributed by atoms with Crippen LogP contribution in [0.1, 0.15) is 150 Å². The Bertz CT molecular complexity index is 746. The number of hydrogen-bond donors (Lipinski definition) is 4. The monoisotopic (exact) mass is 562 g/mol. The Balaban J connectivity index is 1.17. The molecule has 0 bridgehead atoms. The van der Waals surface area contributed by atoms with Crippen molar-refractivity contribution in [3.63, 3.8) is 0 Å². The van der Waals surface area contributed by atoms with E-state index in [4.69, 9.17) is 0 Å². The van der Waals surface area contributed by atoms with E-state index in [1.54, 1.807) is 0 Å². The summed E-state index contributed by atoms with van der Waals surface area (Å²) in [4.78, 5) is 0. The highest BCUT2D eigenvalue weighted by Crippen LogP contribution is 2.68. The molecule has 0 spiro atoms. The molecule has 5 unspecified atom stereocenters. The Morgan fingerprint density at radius 3 is 2.10 bits per heavy atom. The lowest BCUT2D eigenvalue weighted by molar-refractivity contribution is -0.207. The van der Waals surface area contributed by atoms with Crippen LogP contribution in [0.25, 0.3) is 0 Å². The second kappa shape index (κ2) is 15.0. The van der Waals surface area contributed by atoms with Crippen molar-refractivity contribution in [1.29, 1.82) is 0 Å². The molecule has 4 saturated carbocycles. The molecule has 0 aromatic rings. The summed E-state index contributed by atoms with van der Waals surface area (Å²) in [5.74, 6) is 2.72. The summed E-state index contributed by atoms with van der Waals surface area (Å²) in [6, 6.07) is 0. The summed E-state index contributed by atoms with van der Waals surface area (Å²) in [5.41, 5.74) is 0.0947. The number of rotatable bonds is 16. The van der Waals surface area contributed by atoms with Gasteiger partial charge in [-0.3, -0.25) is 0 Å². The standard InChI is InChI=1S/C36H67NO3/c1-5-6-7-8-9-10-11-12-13-14-21-37-22-15-16-26(2)29-17-18-30-34-31(25-33(40)36(29,30)4)35(3)20-19-28(38)23-27(35)24-32(34)39/h26-34,37-40H,5-25H2,1-4H3/t26?,27?,28-,29-,30+,31+,32-,33+,34?,35?,36?/m1/s1. The molecule has 11 atom stereocenters. The molecule has 4 heteroatoms. The van der Waals surface area contributed by atoms with Gasteiger partial charge in [0.05, 0.1) is 18.3 Å². The number of hydrogen-bond acceptors (Lipinski definition) is 4. The van der Waals surface area contributed by atoms with Gasteiger partial charge in [-0.2, -0.15) is 0 Å². The fourth-order valence-electron chi connectivity index (χ4n) is 10.7. The highest BCUT2D eigenvalue weighted by Gasteiger charge is 2.65. The van der Waals surface area contributed by atoms with Gasteiger partial charge in [0.15, 0.2) is 0 Å². The van der Waals surface area contributed by atoms with Crippen LogP contribution in [0.3, 0.4) is 0 Å². The molecular formula is C36H67NO3.